The van der Waals surface area contributed by atoms with Gasteiger partial charge in [0.15, 0.2) is 4.77 Å². The summed E-state index contributed by atoms with van der Waals surface area (Å²) in [4.78, 5) is 4.42. The molecule has 2 heterocycles. The summed E-state index contributed by atoms with van der Waals surface area (Å²) in [5, 5.41) is 9.67. The smallest absolute Gasteiger partial charge is 0.177 e. The lowest BCUT2D eigenvalue weighted by Gasteiger charge is -2.27. The maximum atomic E-state index is 9.67. The van der Waals surface area contributed by atoms with Crippen LogP contribution in [0, 0.1) is 4.77 Å². The second-order valence-corrected chi connectivity index (χ2v) is 6.76. The molecule has 0 bridgehead atoms. The Hall–Kier alpha value is -0.950. The van der Waals surface area contributed by atoms with Crippen LogP contribution in [0.4, 0.5) is 0 Å². The predicted molar refractivity (Wildman–Crippen MR) is 95.8 cm³/mol. The maximum Gasteiger partial charge on any atom is 0.177 e. The second-order valence-electron chi connectivity index (χ2n) is 5.31. The number of nitrogens with zero attached hydrogens (tertiary/aromatic N) is 1. The van der Waals surface area contributed by atoms with E-state index >= 15 is 0 Å². The molecular formula is C15H20ClN3OS2. The Labute approximate surface area is 145 Å². The average Bonchev–Trinajstić information content (AvgIpc) is 2.85. The van der Waals surface area contributed by atoms with Gasteiger partial charge >= 0.3 is 0 Å². The zero-order valence-corrected chi connectivity index (χ0v) is 14.6. The molecule has 1 aromatic heterocycles. The van der Waals surface area contributed by atoms with E-state index in [1.807, 2.05) is 30.1 Å². The van der Waals surface area contributed by atoms with Crippen LogP contribution < -0.4 is 5.73 Å². The van der Waals surface area contributed by atoms with E-state index in [9.17, 15) is 5.11 Å². The van der Waals surface area contributed by atoms with Gasteiger partial charge in [-0.3, -0.25) is 0 Å². The molecular weight excluding hydrogens is 338 g/mol. The Kier molecular flexibility index (Phi) is 5.97. The van der Waals surface area contributed by atoms with Gasteiger partial charge in [0.2, 0.25) is 0 Å². The minimum Gasteiger partial charge on any atom is -0.508 e. The van der Waals surface area contributed by atoms with Crippen molar-refractivity contribution in [3.8, 4) is 5.75 Å². The molecule has 0 fully saturated rings. The van der Waals surface area contributed by atoms with Crippen molar-refractivity contribution in [1.29, 1.82) is 0 Å². The normalized spacial score (nSPS) is 16.9. The van der Waals surface area contributed by atoms with E-state index in [0.717, 1.165) is 29.8 Å². The SMILES string of the molecule is Cl.NCCCc1c[nH]c(=S)n1[C@@H]1CSc2ccc(O)cc2C1. The molecule has 2 aromatic rings. The fraction of sp³-hybridized carbons (Fsp3) is 0.400. The van der Waals surface area contributed by atoms with Crippen molar-refractivity contribution in [3.63, 3.8) is 0 Å². The van der Waals surface area contributed by atoms with Crippen molar-refractivity contribution in [1.82, 2.24) is 9.55 Å². The van der Waals surface area contributed by atoms with Crippen molar-refractivity contribution < 1.29 is 5.11 Å². The Bertz CT molecular complexity index is 698. The molecule has 1 aliphatic heterocycles. The fourth-order valence-electron chi connectivity index (χ4n) is 2.82. The number of aromatic amines is 1. The molecule has 22 heavy (non-hydrogen) atoms. The molecule has 7 heteroatoms. The van der Waals surface area contributed by atoms with Crippen LogP contribution in [-0.4, -0.2) is 27.0 Å². The molecule has 0 saturated heterocycles. The monoisotopic (exact) mass is 357 g/mol. The molecule has 0 saturated carbocycles. The van der Waals surface area contributed by atoms with Crippen molar-refractivity contribution in [3.05, 3.63) is 40.4 Å². The van der Waals surface area contributed by atoms with E-state index in [1.54, 1.807) is 6.07 Å². The number of phenolic OH excluding ortho intramolecular Hbond substituents is 1. The van der Waals surface area contributed by atoms with Crippen LogP contribution in [-0.2, 0) is 12.8 Å². The van der Waals surface area contributed by atoms with Gasteiger partial charge in [0.1, 0.15) is 5.75 Å². The molecule has 0 aliphatic carbocycles. The lowest BCUT2D eigenvalue weighted by molar-refractivity contribution is 0.470. The number of hydrogen-bond donors (Lipinski definition) is 3. The molecule has 120 valence electrons. The van der Waals surface area contributed by atoms with Crippen LogP contribution in [0.2, 0.25) is 0 Å². The lowest BCUT2D eigenvalue weighted by atomic mass is 10.1. The van der Waals surface area contributed by atoms with Crippen LogP contribution >= 0.6 is 36.4 Å². The summed E-state index contributed by atoms with van der Waals surface area (Å²) in [5.41, 5.74) is 8.03. The molecule has 1 aromatic carbocycles. The summed E-state index contributed by atoms with van der Waals surface area (Å²) in [6, 6.07) is 5.94. The van der Waals surface area contributed by atoms with Gasteiger partial charge in [0.05, 0.1) is 0 Å². The van der Waals surface area contributed by atoms with Gasteiger partial charge in [0.25, 0.3) is 0 Å². The van der Waals surface area contributed by atoms with Gasteiger partial charge in [0, 0.05) is 28.6 Å². The van der Waals surface area contributed by atoms with Gasteiger partial charge in [-0.25, -0.2) is 0 Å². The predicted octanol–water partition coefficient (Wildman–Crippen LogP) is 3.45. The second kappa shape index (κ2) is 7.55. The van der Waals surface area contributed by atoms with Crippen molar-refractivity contribution >= 4 is 36.4 Å². The van der Waals surface area contributed by atoms with Crippen LogP contribution in [0.1, 0.15) is 23.7 Å². The first-order chi connectivity index (χ1) is 10.2. The highest BCUT2D eigenvalue weighted by Crippen LogP contribution is 2.37. The van der Waals surface area contributed by atoms with Crippen molar-refractivity contribution in [2.45, 2.75) is 30.2 Å². The number of aryl methyl sites for hydroxylation is 1. The Balaban J connectivity index is 0.00000176. The first-order valence-electron chi connectivity index (χ1n) is 7.12. The number of fused-ring (bicyclic) bond motifs is 1. The minimum atomic E-state index is 0. The first-order valence-corrected chi connectivity index (χ1v) is 8.52. The summed E-state index contributed by atoms with van der Waals surface area (Å²) in [5.74, 6) is 1.33. The molecule has 0 radical (unpaired) electrons. The van der Waals surface area contributed by atoms with E-state index < -0.39 is 0 Å². The number of rotatable bonds is 4. The van der Waals surface area contributed by atoms with E-state index in [-0.39, 0.29) is 12.4 Å². The van der Waals surface area contributed by atoms with E-state index in [4.69, 9.17) is 18.0 Å². The van der Waals surface area contributed by atoms with Gasteiger partial charge < -0.3 is 20.4 Å². The number of benzene rings is 1. The molecule has 0 amide bonds. The van der Waals surface area contributed by atoms with E-state index in [2.05, 4.69) is 9.55 Å². The van der Waals surface area contributed by atoms with Crippen LogP contribution in [0.3, 0.4) is 0 Å². The zero-order valence-electron chi connectivity index (χ0n) is 12.1. The summed E-state index contributed by atoms with van der Waals surface area (Å²) >= 11 is 7.27. The number of H-pyrrole nitrogens is 1. The third-order valence-corrected chi connectivity index (χ3v) is 5.40. The highest BCUT2D eigenvalue weighted by atomic mass is 35.5. The number of aromatic nitrogens is 2. The van der Waals surface area contributed by atoms with E-state index in [0.29, 0.717) is 18.3 Å². The minimum absolute atomic E-state index is 0. The molecule has 4 N–H and O–H groups in total. The summed E-state index contributed by atoms with van der Waals surface area (Å²) < 4.78 is 3.00. The van der Waals surface area contributed by atoms with E-state index in [1.165, 1.54) is 16.2 Å². The van der Waals surface area contributed by atoms with Gasteiger partial charge in [-0.05, 0) is 61.8 Å². The van der Waals surface area contributed by atoms with Crippen molar-refractivity contribution in [2.75, 3.05) is 12.3 Å². The Morgan fingerprint density at radius 3 is 3.05 bits per heavy atom. The van der Waals surface area contributed by atoms with Crippen LogP contribution in [0.5, 0.6) is 5.75 Å². The number of nitrogens with one attached hydrogen (secondary N) is 1. The Morgan fingerprint density at radius 2 is 2.27 bits per heavy atom. The highest BCUT2D eigenvalue weighted by Gasteiger charge is 2.23. The standard InChI is InChI=1S/C15H19N3OS2.ClH/c16-5-1-2-11-8-17-15(20)18(11)12-6-10-7-13(19)3-4-14(10)21-9-12;/h3-4,7-8,12,19H,1-2,5-6,9,16H2,(H,17,20);1H/t12-;/m0./s1. The lowest BCUT2D eigenvalue weighted by Crippen LogP contribution is -2.20. The molecule has 1 aliphatic rings. The van der Waals surface area contributed by atoms with Gasteiger partial charge in [-0.1, -0.05) is 0 Å². The number of thioether (sulfide) groups is 1. The molecule has 3 rings (SSSR count). The van der Waals surface area contributed by atoms with Crippen LogP contribution in [0.15, 0.2) is 29.3 Å². The number of halogens is 1. The quantitative estimate of drug-likeness (QED) is 0.733. The zero-order chi connectivity index (χ0) is 14.8. The van der Waals surface area contributed by atoms with Crippen molar-refractivity contribution in [2.24, 2.45) is 5.73 Å². The number of aromatic hydroxyl groups is 1. The summed E-state index contributed by atoms with van der Waals surface area (Å²) in [7, 11) is 0. The number of imidazole rings is 1. The number of phenols is 1. The third kappa shape index (κ3) is 3.51. The molecule has 4 nitrogen and oxygen atoms in total. The first kappa shape index (κ1) is 17.4. The summed E-state index contributed by atoms with van der Waals surface area (Å²) in [6.45, 7) is 0.689. The number of hydrogen-bond acceptors (Lipinski definition) is 4. The highest BCUT2D eigenvalue weighted by molar-refractivity contribution is 7.99. The summed E-state index contributed by atoms with van der Waals surface area (Å²) in [6.07, 6.45) is 4.81. The largest absolute Gasteiger partial charge is 0.508 e. The number of nitrogens with two attached hydrogens (primary N) is 1. The fourth-order valence-corrected chi connectivity index (χ4v) is 4.28. The average molecular weight is 358 g/mol. The third-order valence-electron chi connectivity index (χ3n) is 3.82. The molecule has 0 unspecified atom stereocenters. The molecule has 0 spiro atoms. The Morgan fingerprint density at radius 1 is 1.45 bits per heavy atom. The van der Waals surface area contributed by atoms with Gasteiger partial charge in [-0.2, -0.15) is 0 Å². The topological polar surface area (TPSA) is 67.0 Å². The maximum absolute atomic E-state index is 9.67. The van der Waals surface area contributed by atoms with Crippen LogP contribution in [0.25, 0.3) is 0 Å². The van der Waals surface area contributed by atoms with Gasteiger partial charge in [-0.15, -0.1) is 24.2 Å². The molecule has 1 atom stereocenters.